The molecule has 0 aromatic carbocycles. The summed E-state index contributed by atoms with van der Waals surface area (Å²) < 4.78 is 68.1. The molecule has 0 aromatic heterocycles. The predicted octanol–water partition coefficient (Wildman–Crippen LogP) is 20.4. The van der Waals surface area contributed by atoms with Crippen molar-refractivity contribution in [3.8, 4) is 0 Å². The number of ether oxygens (including phenoxy) is 4. The Labute approximate surface area is 549 Å². The number of esters is 4. The molecule has 0 amide bonds. The van der Waals surface area contributed by atoms with Crippen LogP contribution in [-0.4, -0.2) is 96.7 Å². The highest BCUT2D eigenvalue weighted by molar-refractivity contribution is 7.47. The molecule has 0 aromatic rings. The van der Waals surface area contributed by atoms with E-state index < -0.39 is 97.5 Å². The fraction of sp³-hybridized carbons (Fsp3) is 0.944. The van der Waals surface area contributed by atoms with Crippen LogP contribution >= 0.6 is 15.6 Å². The predicted molar refractivity (Wildman–Crippen MR) is 363 cm³/mol. The normalized spacial score (nSPS) is 14.4. The van der Waals surface area contributed by atoms with E-state index >= 15 is 0 Å². The Morgan fingerprint density at radius 3 is 0.844 bits per heavy atom. The molecule has 0 bridgehead atoms. The highest BCUT2D eigenvalue weighted by Crippen LogP contribution is 2.45. The minimum absolute atomic E-state index is 0.105. The van der Waals surface area contributed by atoms with E-state index in [9.17, 15) is 43.2 Å². The molecule has 0 aliphatic carbocycles. The van der Waals surface area contributed by atoms with Crippen molar-refractivity contribution in [2.24, 2.45) is 11.8 Å². The molecule has 6 atom stereocenters. The molecule has 3 unspecified atom stereocenters. The highest BCUT2D eigenvalue weighted by Gasteiger charge is 2.30. The Hall–Kier alpha value is -1.94. The van der Waals surface area contributed by atoms with Gasteiger partial charge in [0.15, 0.2) is 12.2 Å². The van der Waals surface area contributed by atoms with Gasteiger partial charge in [-0.05, 0) is 37.5 Å². The van der Waals surface area contributed by atoms with Crippen molar-refractivity contribution in [2.45, 2.75) is 381 Å². The topological polar surface area (TPSA) is 237 Å². The van der Waals surface area contributed by atoms with Gasteiger partial charge >= 0.3 is 39.5 Å². The van der Waals surface area contributed by atoms with Crippen molar-refractivity contribution >= 4 is 39.5 Å². The summed E-state index contributed by atoms with van der Waals surface area (Å²) in [6.07, 6.45) is 48.8. The zero-order chi connectivity index (χ0) is 66.5. The Bertz CT molecular complexity index is 1750. The number of hydrogen-bond acceptors (Lipinski definition) is 15. The maximum atomic E-state index is 13.0. The molecule has 17 nitrogen and oxygen atoms in total. The average Bonchev–Trinajstić information content (AvgIpc) is 2.83. The molecular weight excluding hydrogens is 1190 g/mol. The zero-order valence-electron chi connectivity index (χ0n) is 58.4. The van der Waals surface area contributed by atoms with Gasteiger partial charge in [0, 0.05) is 25.7 Å². The largest absolute Gasteiger partial charge is 0.472 e. The third kappa shape index (κ3) is 63.5. The van der Waals surface area contributed by atoms with Crippen LogP contribution in [0.5, 0.6) is 0 Å². The summed E-state index contributed by atoms with van der Waals surface area (Å²) in [7, 11) is -9.89. The van der Waals surface area contributed by atoms with Crippen molar-refractivity contribution in [3.63, 3.8) is 0 Å². The lowest BCUT2D eigenvalue weighted by molar-refractivity contribution is -0.161. The van der Waals surface area contributed by atoms with E-state index in [4.69, 9.17) is 37.0 Å². The van der Waals surface area contributed by atoms with Gasteiger partial charge < -0.3 is 33.8 Å². The minimum atomic E-state index is -4.95. The number of carbonyl (C=O) groups is 4. The van der Waals surface area contributed by atoms with E-state index in [1.165, 1.54) is 167 Å². The highest BCUT2D eigenvalue weighted by atomic mass is 31.2. The van der Waals surface area contributed by atoms with Gasteiger partial charge in [-0.3, -0.25) is 37.3 Å². The Balaban J connectivity index is 5.11. The summed E-state index contributed by atoms with van der Waals surface area (Å²) in [4.78, 5) is 72.3. The number of unbranched alkanes of at least 4 members (excludes halogenated alkanes) is 39. The number of hydrogen-bond donors (Lipinski definition) is 3. The van der Waals surface area contributed by atoms with Gasteiger partial charge in [0.05, 0.1) is 26.4 Å². The van der Waals surface area contributed by atoms with Crippen LogP contribution in [0.3, 0.4) is 0 Å². The van der Waals surface area contributed by atoms with Crippen molar-refractivity contribution in [1.29, 1.82) is 0 Å². The van der Waals surface area contributed by atoms with Crippen LogP contribution in [0.15, 0.2) is 0 Å². The van der Waals surface area contributed by atoms with E-state index in [1.807, 2.05) is 0 Å². The summed E-state index contributed by atoms with van der Waals surface area (Å²) in [5.74, 6) is -0.515. The minimum Gasteiger partial charge on any atom is -0.462 e. The van der Waals surface area contributed by atoms with Gasteiger partial charge in [-0.15, -0.1) is 0 Å². The summed E-state index contributed by atoms with van der Waals surface area (Å²) >= 11 is 0. The van der Waals surface area contributed by atoms with Crippen LogP contribution in [0, 0.1) is 11.8 Å². The maximum Gasteiger partial charge on any atom is 0.472 e. The number of rotatable bonds is 70. The summed E-state index contributed by atoms with van der Waals surface area (Å²) in [5, 5.41) is 10.6. The first-order valence-electron chi connectivity index (χ1n) is 37.0. The molecule has 534 valence electrons. The van der Waals surface area contributed by atoms with Crippen LogP contribution in [0.2, 0.25) is 0 Å². The Morgan fingerprint density at radius 1 is 0.322 bits per heavy atom. The average molecular weight is 1330 g/mol. The quantitative estimate of drug-likeness (QED) is 0.0222. The maximum absolute atomic E-state index is 13.0. The number of phosphoric ester groups is 2. The fourth-order valence-corrected chi connectivity index (χ4v) is 12.3. The van der Waals surface area contributed by atoms with Crippen LogP contribution in [0.4, 0.5) is 0 Å². The Kier molecular flexibility index (Phi) is 61.8. The molecule has 90 heavy (non-hydrogen) atoms. The zero-order valence-corrected chi connectivity index (χ0v) is 60.2. The second-order valence-electron chi connectivity index (χ2n) is 26.3. The van der Waals surface area contributed by atoms with Crippen LogP contribution in [-0.2, 0) is 65.4 Å². The third-order valence-electron chi connectivity index (χ3n) is 16.8. The molecule has 0 rings (SSSR count). The monoisotopic (exact) mass is 1320 g/mol. The van der Waals surface area contributed by atoms with Crippen LogP contribution in [0.1, 0.15) is 363 Å². The number of phosphoric acid groups is 2. The van der Waals surface area contributed by atoms with Crippen LogP contribution < -0.4 is 0 Å². The second kappa shape index (κ2) is 63.1. The Morgan fingerprint density at radius 2 is 0.567 bits per heavy atom. The lowest BCUT2D eigenvalue weighted by Crippen LogP contribution is -2.30. The van der Waals surface area contributed by atoms with Gasteiger partial charge in [-0.25, -0.2) is 9.13 Å². The van der Waals surface area contributed by atoms with Gasteiger partial charge in [0.25, 0.3) is 0 Å². The van der Waals surface area contributed by atoms with Gasteiger partial charge in [-0.2, -0.15) is 0 Å². The molecule has 19 heteroatoms. The third-order valence-corrected chi connectivity index (χ3v) is 18.7. The number of aliphatic hydroxyl groups is 1. The first-order chi connectivity index (χ1) is 43.4. The van der Waals surface area contributed by atoms with Gasteiger partial charge in [-0.1, -0.05) is 311 Å². The van der Waals surface area contributed by atoms with E-state index in [1.54, 1.807) is 0 Å². The van der Waals surface area contributed by atoms with Crippen molar-refractivity contribution in [3.05, 3.63) is 0 Å². The first kappa shape index (κ1) is 88.1. The summed E-state index contributed by atoms with van der Waals surface area (Å²) in [6.45, 7) is 9.54. The van der Waals surface area contributed by atoms with E-state index in [2.05, 4.69) is 41.5 Å². The smallest absolute Gasteiger partial charge is 0.462 e. The SMILES string of the molecule is CCCCCCCCCCCC(=O)O[C@H](COC(=O)CCCCCCCCC)COP(=O)(O)OC[C@H](O)COP(=O)(O)OC[C@@H](COC(=O)CCCCCCCCCCCC(C)C)OC(=O)CCCCCCCCCCCCCCCCCCCCC(C)CC. The molecule has 0 saturated carbocycles. The van der Waals surface area contributed by atoms with Gasteiger partial charge in [0.1, 0.15) is 19.3 Å². The van der Waals surface area contributed by atoms with E-state index in [0.717, 1.165) is 115 Å². The summed E-state index contributed by atoms with van der Waals surface area (Å²) in [6, 6.07) is 0. The molecule has 0 spiro atoms. The first-order valence-corrected chi connectivity index (χ1v) is 40.0. The molecule has 0 heterocycles. The van der Waals surface area contributed by atoms with Crippen LogP contribution in [0.25, 0.3) is 0 Å². The van der Waals surface area contributed by atoms with E-state index in [0.29, 0.717) is 25.7 Å². The molecule has 0 aliphatic rings. The van der Waals surface area contributed by atoms with E-state index in [-0.39, 0.29) is 25.7 Å². The lowest BCUT2D eigenvalue weighted by atomic mass is 9.99. The fourth-order valence-electron chi connectivity index (χ4n) is 10.7. The lowest BCUT2D eigenvalue weighted by Gasteiger charge is -2.21. The van der Waals surface area contributed by atoms with Gasteiger partial charge in [0.2, 0.25) is 0 Å². The number of carbonyl (C=O) groups excluding carboxylic acids is 4. The standard InChI is InChI=1S/C71H138O17P2/c1-7-10-12-14-16-28-37-43-49-55-70(75)87-66(59-81-68(73)53-47-41-33-15-13-11-8-2)61-85-89(77,78)83-57-65(72)58-84-90(79,80)86-62-67(60-82-69(74)54-48-42-36-32-27-29-34-39-45-51-63(4)5)88-71(76)56-50-44-38-31-26-24-22-20-18-17-19-21-23-25-30-35-40-46-52-64(6)9-3/h63-67,72H,7-62H2,1-6H3,(H,77,78)(H,79,80)/t64?,65-,66+,67+/m0/s1. The number of aliphatic hydroxyl groups excluding tert-OH is 1. The molecule has 0 radical (unpaired) electrons. The van der Waals surface area contributed by atoms with Crippen molar-refractivity contribution in [1.82, 2.24) is 0 Å². The second-order valence-corrected chi connectivity index (χ2v) is 29.3. The molecule has 0 saturated heterocycles. The molecule has 3 N–H and O–H groups in total. The van der Waals surface area contributed by atoms with Crippen molar-refractivity contribution in [2.75, 3.05) is 39.6 Å². The molecule has 0 aliphatic heterocycles. The van der Waals surface area contributed by atoms with Crippen molar-refractivity contribution < 1.29 is 80.2 Å². The molecular formula is C71H138O17P2. The molecule has 0 fully saturated rings. The summed E-state index contributed by atoms with van der Waals surface area (Å²) in [5.41, 5.74) is 0.